The number of nitrogens with zero attached hydrogens (tertiary/aromatic N) is 2. The number of hydrogen-bond donors (Lipinski definition) is 1. The molecular weight excluding hydrogens is 178 g/mol. The van der Waals surface area contributed by atoms with Gasteiger partial charge in [-0.05, 0) is 19.3 Å². The first-order valence-corrected chi connectivity index (χ1v) is 5.06. The first kappa shape index (κ1) is 8.17. The summed E-state index contributed by atoms with van der Waals surface area (Å²) in [4.78, 5) is 8.53. The molecule has 4 heteroatoms. The molecule has 0 saturated carbocycles. The van der Waals surface area contributed by atoms with Crippen LogP contribution in [0.4, 0.5) is 5.69 Å². The van der Waals surface area contributed by atoms with Crippen LogP contribution < -0.4 is 5.73 Å². The second-order valence-corrected chi connectivity index (χ2v) is 4.09. The van der Waals surface area contributed by atoms with Gasteiger partial charge in [0.2, 0.25) is 0 Å². The Morgan fingerprint density at radius 3 is 2.64 bits per heavy atom. The predicted octanol–water partition coefficient (Wildman–Crippen LogP) is 1.09. The fraction of sp³-hybridized carbons (Fsp3) is 0.600. The predicted molar refractivity (Wildman–Crippen MR) is 51.7 cm³/mol. The van der Waals surface area contributed by atoms with Gasteiger partial charge in [0, 0.05) is 5.92 Å². The molecule has 3 atom stereocenters. The first-order chi connectivity index (χ1) is 6.83. The molecule has 0 amide bonds. The van der Waals surface area contributed by atoms with Crippen LogP contribution >= 0.6 is 0 Å². The lowest BCUT2D eigenvalue weighted by Gasteiger charge is -2.16. The van der Waals surface area contributed by atoms with Crippen LogP contribution in [0.2, 0.25) is 0 Å². The zero-order valence-corrected chi connectivity index (χ0v) is 7.89. The van der Waals surface area contributed by atoms with Gasteiger partial charge < -0.3 is 10.5 Å². The van der Waals surface area contributed by atoms with E-state index in [1.807, 2.05) is 0 Å². The fourth-order valence-electron chi connectivity index (χ4n) is 2.45. The maximum absolute atomic E-state index is 5.76. The van der Waals surface area contributed by atoms with E-state index in [1.54, 1.807) is 12.4 Å². The third kappa shape index (κ3) is 1.18. The minimum atomic E-state index is 0.351. The molecular formula is C10H13N3O. The molecule has 3 unspecified atom stereocenters. The number of rotatable bonds is 1. The molecule has 2 saturated heterocycles. The highest BCUT2D eigenvalue weighted by molar-refractivity contribution is 5.30. The summed E-state index contributed by atoms with van der Waals surface area (Å²) in [6, 6.07) is 0. The van der Waals surface area contributed by atoms with Crippen LogP contribution in [0.3, 0.4) is 0 Å². The zero-order valence-electron chi connectivity index (χ0n) is 7.89. The number of fused-ring (bicyclic) bond motifs is 2. The van der Waals surface area contributed by atoms with E-state index < -0.39 is 0 Å². The average Bonchev–Trinajstić information content (AvgIpc) is 2.80. The van der Waals surface area contributed by atoms with E-state index in [4.69, 9.17) is 10.5 Å². The van der Waals surface area contributed by atoms with Crippen LogP contribution in [0.5, 0.6) is 0 Å². The normalized spacial score (nSPS) is 35.0. The molecule has 74 valence electrons. The Balaban J connectivity index is 1.86. The summed E-state index contributed by atoms with van der Waals surface area (Å²) in [6.45, 7) is 0. The average molecular weight is 191 g/mol. The van der Waals surface area contributed by atoms with Crippen LogP contribution in [0.15, 0.2) is 12.4 Å². The third-order valence-corrected chi connectivity index (χ3v) is 3.13. The lowest BCUT2D eigenvalue weighted by molar-refractivity contribution is 0.0999. The Morgan fingerprint density at radius 1 is 1.29 bits per heavy atom. The van der Waals surface area contributed by atoms with Crippen LogP contribution in [0.25, 0.3) is 0 Å². The minimum absolute atomic E-state index is 0.351. The molecule has 0 aliphatic carbocycles. The summed E-state index contributed by atoms with van der Waals surface area (Å²) in [5.74, 6) is 1.29. The van der Waals surface area contributed by atoms with Gasteiger partial charge in [-0.1, -0.05) is 0 Å². The molecule has 2 aliphatic rings. The van der Waals surface area contributed by atoms with Gasteiger partial charge in [0.15, 0.2) is 0 Å². The number of anilines is 1. The number of aromatic nitrogens is 2. The number of nitrogen functional groups attached to an aromatic ring is 1. The van der Waals surface area contributed by atoms with E-state index in [-0.39, 0.29) is 0 Å². The molecule has 2 N–H and O–H groups in total. The Morgan fingerprint density at radius 2 is 2.07 bits per heavy atom. The van der Waals surface area contributed by atoms with Crippen molar-refractivity contribution in [1.82, 2.24) is 9.97 Å². The maximum atomic E-state index is 5.76. The highest BCUT2D eigenvalue weighted by atomic mass is 16.5. The lowest BCUT2D eigenvalue weighted by Crippen LogP contribution is -2.16. The molecule has 0 aromatic carbocycles. The molecule has 0 radical (unpaired) electrons. The van der Waals surface area contributed by atoms with E-state index in [0.717, 1.165) is 18.7 Å². The van der Waals surface area contributed by atoms with Crippen molar-refractivity contribution in [1.29, 1.82) is 0 Å². The largest absolute Gasteiger partial charge is 0.396 e. The summed E-state index contributed by atoms with van der Waals surface area (Å²) in [6.07, 6.45) is 7.59. The van der Waals surface area contributed by atoms with Crippen molar-refractivity contribution in [3.8, 4) is 0 Å². The molecule has 2 fully saturated rings. The van der Waals surface area contributed by atoms with Gasteiger partial charge >= 0.3 is 0 Å². The summed E-state index contributed by atoms with van der Waals surface area (Å²) in [5, 5.41) is 0. The zero-order chi connectivity index (χ0) is 9.54. The second-order valence-electron chi connectivity index (χ2n) is 4.09. The number of ether oxygens (including phenoxy) is 1. The Labute approximate surface area is 82.5 Å². The topological polar surface area (TPSA) is 61.0 Å². The Bertz CT molecular complexity index is 338. The molecule has 2 bridgehead atoms. The molecule has 4 nitrogen and oxygen atoms in total. The molecule has 1 aromatic heterocycles. The maximum Gasteiger partial charge on any atom is 0.134 e. The van der Waals surface area contributed by atoms with Crippen LogP contribution in [-0.2, 0) is 4.74 Å². The quantitative estimate of drug-likeness (QED) is 0.722. The molecule has 14 heavy (non-hydrogen) atoms. The van der Waals surface area contributed by atoms with Crippen molar-refractivity contribution in [3.05, 3.63) is 18.2 Å². The van der Waals surface area contributed by atoms with Crippen LogP contribution in [-0.4, -0.2) is 22.2 Å². The standard InChI is InChI=1S/C10H13N3O/c11-6-4-12-10(13-5-6)8-3-7-1-2-9(8)14-7/h4-5,7-9H,1-3,11H2. The summed E-state index contributed by atoms with van der Waals surface area (Å²) < 4.78 is 5.76. The van der Waals surface area contributed by atoms with Gasteiger partial charge in [-0.3, -0.25) is 0 Å². The van der Waals surface area contributed by atoms with Crippen molar-refractivity contribution in [2.24, 2.45) is 0 Å². The molecule has 0 spiro atoms. The highest BCUT2D eigenvalue weighted by Gasteiger charge is 2.42. The molecule has 3 heterocycles. The molecule has 2 aliphatic heterocycles. The van der Waals surface area contributed by atoms with Gasteiger partial charge in [-0.2, -0.15) is 0 Å². The molecule has 3 rings (SSSR count). The summed E-state index contributed by atoms with van der Waals surface area (Å²) in [5.41, 5.74) is 6.17. The fourth-order valence-corrected chi connectivity index (χ4v) is 2.45. The van der Waals surface area contributed by atoms with E-state index in [2.05, 4.69) is 9.97 Å². The van der Waals surface area contributed by atoms with Crippen LogP contribution in [0.1, 0.15) is 31.0 Å². The van der Waals surface area contributed by atoms with Crippen molar-refractivity contribution in [3.63, 3.8) is 0 Å². The summed E-state index contributed by atoms with van der Waals surface area (Å²) in [7, 11) is 0. The second kappa shape index (κ2) is 2.92. The number of hydrogen-bond acceptors (Lipinski definition) is 4. The van der Waals surface area contributed by atoms with Crippen LogP contribution in [0, 0.1) is 0 Å². The monoisotopic (exact) mass is 191 g/mol. The van der Waals surface area contributed by atoms with Crippen molar-refractivity contribution < 1.29 is 4.74 Å². The molecule has 1 aromatic rings. The first-order valence-electron chi connectivity index (χ1n) is 5.06. The van der Waals surface area contributed by atoms with Gasteiger partial charge in [0.25, 0.3) is 0 Å². The van der Waals surface area contributed by atoms with Crippen molar-refractivity contribution >= 4 is 5.69 Å². The lowest BCUT2D eigenvalue weighted by atomic mass is 9.88. The number of nitrogens with two attached hydrogens (primary N) is 1. The SMILES string of the molecule is Nc1cnc(C2CC3CCC2O3)nc1. The van der Waals surface area contributed by atoms with Gasteiger partial charge in [0.1, 0.15) is 5.82 Å². The van der Waals surface area contributed by atoms with Gasteiger partial charge in [-0.15, -0.1) is 0 Å². The van der Waals surface area contributed by atoms with Crippen molar-refractivity contribution in [2.75, 3.05) is 5.73 Å². The van der Waals surface area contributed by atoms with E-state index in [1.165, 1.54) is 6.42 Å². The van der Waals surface area contributed by atoms with E-state index in [0.29, 0.717) is 23.8 Å². The van der Waals surface area contributed by atoms with E-state index in [9.17, 15) is 0 Å². The van der Waals surface area contributed by atoms with Crippen molar-refractivity contribution in [2.45, 2.75) is 37.4 Å². The third-order valence-electron chi connectivity index (χ3n) is 3.13. The highest BCUT2D eigenvalue weighted by Crippen LogP contribution is 2.43. The Kier molecular flexibility index (Phi) is 1.70. The summed E-state index contributed by atoms with van der Waals surface area (Å²) >= 11 is 0. The van der Waals surface area contributed by atoms with Gasteiger partial charge in [-0.25, -0.2) is 9.97 Å². The minimum Gasteiger partial charge on any atom is -0.396 e. The van der Waals surface area contributed by atoms with Gasteiger partial charge in [0.05, 0.1) is 30.3 Å². The Hall–Kier alpha value is -1.16. The smallest absolute Gasteiger partial charge is 0.134 e. The van der Waals surface area contributed by atoms with E-state index >= 15 is 0 Å².